The molecule has 0 amide bonds. The molecule has 2 aromatic rings. The quantitative estimate of drug-likeness (QED) is 0.826. The summed E-state index contributed by atoms with van der Waals surface area (Å²) in [4.78, 5) is 17.1. The third-order valence-electron chi connectivity index (χ3n) is 3.13. The summed E-state index contributed by atoms with van der Waals surface area (Å²) >= 11 is 1.63. The predicted octanol–water partition coefficient (Wildman–Crippen LogP) is 2.22. The second kappa shape index (κ2) is 3.31. The van der Waals surface area contributed by atoms with Crippen molar-refractivity contribution in [3.8, 4) is 0 Å². The number of hydrogen-bond acceptors (Lipinski definition) is 3. The molecule has 0 aliphatic heterocycles. The van der Waals surface area contributed by atoms with Crippen LogP contribution in [0.3, 0.4) is 0 Å². The van der Waals surface area contributed by atoms with Gasteiger partial charge in [0.05, 0.1) is 0 Å². The van der Waals surface area contributed by atoms with E-state index in [0.717, 1.165) is 23.7 Å². The smallest absolute Gasteiger partial charge is 0.356 e. The first-order valence-corrected chi connectivity index (χ1v) is 6.19. The zero-order chi connectivity index (χ0) is 11.3. The summed E-state index contributed by atoms with van der Waals surface area (Å²) in [5.74, 6) is -0.219. The van der Waals surface area contributed by atoms with Crippen molar-refractivity contribution in [1.82, 2.24) is 9.38 Å². The van der Waals surface area contributed by atoms with E-state index < -0.39 is 5.97 Å². The minimum atomic E-state index is -0.950. The Kier molecular flexibility index (Phi) is 2.04. The predicted molar refractivity (Wildman–Crippen MR) is 61.2 cm³/mol. The van der Waals surface area contributed by atoms with Crippen molar-refractivity contribution in [3.63, 3.8) is 0 Å². The maximum absolute atomic E-state index is 10.8. The fraction of sp³-hybridized carbons (Fsp3) is 0.455. The first-order chi connectivity index (χ1) is 7.65. The van der Waals surface area contributed by atoms with E-state index in [0.29, 0.717) is 0 Å². The summed E-state index contributed by atoms with van der Waals surface area (Å²) in [6.45, 7) is 2.26. The minimum Gasteiger partial charge on any atom is -0.476 e. The van der Waals surface area contributed by atoms with Crippen LogP contribution in [-0.4, -0.2) is 20.5 Å². The van der Waals surface area contributed by atoms with Crippen LogP contribution in [0.25, 0.3) is 4.96 Å². The van der Waals surface area contributed by atoms with E-state index in [1.54, 1.807) is 17.5 Å². The molecule has 0 saturated carbocycles. The second-order valence-electron chi connectivity index (χ2n) is 4.40. The van der Waals surface area contributed by atoms with Gasteiger partial charge in [0.25, 0.3) is 0 Å². The van der Waals surface area contributed by atoms with Gasteiger partial charge < -0.3 is 5.11 Å². The number of imidazole rings is 1. The van der Waals surface area contributed by atoms with Crippen molar-refractivity contribution >= 4 is 22.3 Å². The Balaban J connectivity index is 2.15. The van der Waals surface area contributed by atoms with Crippen LogP contribution < -0.4 is 0 Å². The molecule has 84 valence electrons. The molecule has 1 N–H and O–H groups in total. The van der Waals surface area contributed by atoms with Crippen LogP contribution in [0.1, 0.15) is 34.4 Å². The van der Waals surface area contributed by atoms with Crippen molar-refractivity contribution in [2.45, 2.75) is 26.2 Å². The average molecular weight is 236 g/mol. The van der Waals surface area contributed by atoms with Crippen molar-refractivity contribution in [3.05, 3.63) is 22.5 Å². The van der Waals surface area contributed by atoms with E-state index in [2.05, 4.69) is 11.9 Å². The molecule has 0 aromatic carbocycles. The molecule has 16 heavy (non-hydrogen) atoms. The van der Waals surface area contributed by atoms with Gasteiger partial charge in [-0.3, -0.25) is 4.40 Å². The highest BCUT2D eigenvalue weighted by molar-refractivity contribution is 7.17. The lowest BCUT2D eigenvalue weighted by Crippen LogP contribution is -2.10. The summed E-state index contributed by atoms with van der Waals surface area (Å²) in [5, 5.41) is 8.88. The number of carboxylic acid groups (broad SMARTS) is 1. The number of nitrogens with zero attached hydrogens (tertiary/aromatic N) is 2. The fourth-order valence-corrected chi connectivity index (χ4v) is 3.57. The van der Waals surface area contributed by atoms with E-state index in [9.17, 15) is 4.79 Å². The Labute approximate surface area is 96.5 Å². The number of thiazole rings is 1. The molecule has 3 rings (SSSR count). The van der Waals surface area contributed by atoms with E-state index in [1.165, 1.54) is 17.0 Å². The Morgan fingerprint density at radius 1 is 1.69 bits per heavy atom. The van der Waals surface area contributed by atoms with Crippen LogP contribution in [0.4, 0.5) is 0 Å². The van der Waals surface area contributed by atoms with Gasteiger partial charge in [0.2, 0.25) is 0 Å². The maximum atomic E-state index is 10.8. The molecule has 1 aliphatic rings. The standard InChI is InChI=1S/C11H12N2O2S/c1-6-2-3-8-9(4-6)16-11-12-7(10(14)15)5-13(8)11/h5-6H,2-4H2,1H3,(H,14,15). The van der Waals surface area contributed by atoms with E-state index in [1.807, 2.05) is 4.40 Å². The molecule has 0 spiro atoms. The average Bonchev–Trinajstić information content (AvgIpc) is 2.73. The van der Waals surface area contributed by atoms with Crippen molar-refractivity contribution in [1.29, 1.82) is 0 Å². The highest BCUT2D eigenvalue weighted by atomic mass is 32.1. The maximum Gasteiger partial charge on any atom is 0.356 e. The van der Waals surface area contributed by atoms with Crippen LogP contribution in [0.5, 0.6) is 0 Å². The van der Waals surface area contributed by atoms with Crippen LogP contribution in [0.15, 0.2) is 6.20 Å². The fourth-order valence-electron chi connectivity index (χ4n) is 2.26. The molecule has 4 nitrogen and oxygen atoms in total. The molecule has 2 aromatic heterocycles. The van der Waals surface area contributed by atoms with Gasteiger partial charge in [-0.15, -0.1) is 11.3 Å². The molecule has 2 heterocycles. The SMILES string of the molecule is CC1CCc2c(sc3nc(C(=O)O)cn23)C1. The van der Waals surface area contributed by atoms with Crippen LogP contribution in [-0.2, 0) is 12.8 Å². The molecular weight excluding hydrogens is 224 g/mol. The number of aryl methyl sites for hydroxylation is 1. The number of rotatable bonds is 1. The van der Waals surface area contributed by atoms with Gasteiger partial charge in [-0.25, -0.2) is 9.78 Å². The van der Waals surface area contributed by atoms with Crippen LogP contribution in [0.2, 0.25) is 0 Å². The Hall–Kier alpha value is -1.36. The van der Waals surface area contributed by atoms with E-state index in [4.69, 9.17) is 5.11 Å². The monoisotopic (exact) mass is 236 g/mol. The Morgan fingerprint density at radius 2 is 2.50 bits per heavy atom. The van der Waals surface area contributed by atoms with Gasteiger partial charge in [0.1, 0.15) is 0 Å². The van der Waals surface area contributed by atoms with Gasteiger partial charge in [-0.2, -0.15) is 0 Å². The van der Waals surface area contributed by atoms with E-state index >= 15 is 0 Å². The van der Waals surface area contributed by atoms with Gasteiger partial charge >= 0.3 is 5.97 Å². The molecule has 1 atom stereocenters. The number of aromatic nitrogens is 2. The number of aromatic carboxylic acids is 1. The summed E-state index contributed by atoms with van der Waals surface area (Å²) in [6.07, 6.45) is 4.96. The summed E-state index contributed by atoms with van der Waals surface area (Å²) < 4.78 is 1.95. The summed E-state index contributed by atoms with van der Waals surface area (Å²) in [6, 6.07) is 0. The largest absolute Gasteiger partial charge is 0.476 e. The molecule has 0 bridgehead atoms. The third kappa shape index (κ3) is 1.35. The number of carboxylic acids is 1. The minimum absolute atomic E-state index is 0.146. The number of hydrogen-bond donors (Lipinski definition) is 1. The highest BCUT2D eigenvalue weighted by Crippen LogP contribution is 2.32. The summed E-state index contributed by atoms with van der Waals surface area (Å²) in [5.41, 5.74) is 1.41. The van der Waals surface area contributed by atoms with Gasteiger partial charge in [-0.1, -0.05) is 6.92 Å². The lowest BCUT2D eigenvalue weighted by Gasteiger charge is -2.17. The van der Waals surface area contributed by atoms with E-state index in [-0.39, 0.29) is 5.69 Å². The van der Waals surface area contributed by atoms with Crippen molar-refractivity contribution < 1.29 is 9.90 Å². The zero-order valence-electron chi connectivity index (χ0n) is 8.93. The number of carbonyl (C=O) groups is 1. The molecule has 1 aliphatic carbocycles. The van der Waals surface area contributed by atoms with Crippen LogP contribution in [0, 0.1) is 5.92 Å². The van der Waals surface area contributed by atoms with Gasteiger partial charge in [0, 0.05) is 16.8 Å². The summed E-state index contributed by atoms with van der Waals surface area (Å²) in [7, 11) is 0. The topological polar surface area (TPSA) is 54.6 Å². The lowest BCUT2D eigenvalue weighted by molar-refractivity contribution is 0.0691. The number of fused-ring (bicyclic) bond motifs is 3. The Bertz CT molecular complexity index is 570. The normalized spacial score (nSPS) is 19.9. The molecular formula is C11H12N2O2S. The molecule has 0 fully saturated rings. The molecule has 0 saturated heterocycles. The first-order valence-electron chi connectivity index (χ1n) is 5.38. The molecule has 5 heteroatoms. The van der Waals surface area contributed by atoms with Crippen molar-refractivity contribution in [2.75, 3.05) is 0 Å². The molecule has 0 radical (unpaired) electrons. The second-order valence-corrected chi connectivity index (χ2v) is 5.47. The highest BCUT2D eigenvalue weighted by Gasteiger charge is 2.22. The zero-order valence-corrected chi connectivity index (χ0v) is 9.75. The van der Waals surface area contributed by atoms with Gasteiger partial charge in [0.15, 0.2) is 10.7 Å². The Morgan fingerprint density at radius 3 is 3.25 bits per heavy atom. The van der Waals surface area contributed by atoms with Crippen LogP contribution >= 0.6 is 11.3 Å². The molecule has 1 unspecified atom stereocenters. The van der Waals surface area contributed by atoms with Crippen molar-refractivity contribution in [2.24, 2.45) is 5.92 Å². The lowest BCUT2D eigenvalue weighted by atomic mass is 9.93. The third-order valence-corrected chi connectivity index (χ3v) is 4.25. The first kappa shape index (κ1) is 9.84. The van der Waals surface area contributed by atoms with Gasteiger partial charge in [-0.05, 0) is 25.2 Å².